The number of aryl methyl sites for hydroxylation is 1. The third-order valence-corrected chi connectivity index (χ3v) is 4.83. The maximum absolute atomic E-state index is 13.1. The third kappa shape index (κ3) is 3.84. The van der Waals surface area contributed by atoms with E-state index in [-0.39, 0.29) is 17.9 Å². The highest BCUT2D eigenvalue weighted by Crippen LogP contribution is 2.35. The molecule has 9 heteroatoms. The number of pyridine rings is 1. The quantitative estimate of drug-likeness (QED) is 0.607. The van der Waals surface area contributed by atoms with Crippen LogP contribution in [-0.2, 0) is 11.2 Å². The number of aromatic nitrogens is 3. The van der Waals surface area contributed by atoms with Gasteiger partial charge in [0.15, 0.2) is 5.82 Å². The van der Waals surface area contributed by atoms with Gasteiger partial charge in [-0.15, -0.1) is 10.2 Å². The molecule has 2 heterocycles. The van der Waals surface area contributed by atoms with Crippen molar-refractivity contribution in [2.75, 3.05) is 10.6 Å². The Labute approximate surface area is 165 Å². The van der Waals surface area contributed by atoms with E-state index in [9.17, 15) is 19.1 Å². The van der Waals surface area contributed by atoms with Crippen LogP contribution in [0.2, 0.25) is 0 Å². The van der Waals surface area contributed by atoms with Gasteiger partial charge < -0.3 is 10.4 Å². The van der Waals surface area contributed by atoms with E-state index >= 15 is 0 Å². The van der Waals surface area contributed by atoms with Gasteiger partial charge in [0.1, 0.15) is 11.7 Å². The fourth-order valence-corrected chi connectivity index (χ4v) is 3.23. The molecule has 0 saturated heterocycles. The maximum atomic E-state index is 13.1. The van der Waals surface area contributed by atoms with E-state index in [1.165, 1.54) is 0 Å². The van der Waals surface area contributed by atoms with E-state index in [4.69, 9.17) is 0 Å². The standard InChI is InChI=1S/C20H18FN5O3/c1-2-10-3-4-22-9-14(10)11-5-12-7-17(24-19(27)13-8-15(13)21)25-26-18(12)16(6-11)23-20(28)29/h3-7,9,13,15,23H,2,8H2,1H3,(H,28,29)(H,24,25,27)/t13-,15+/m1/s1. The number of benzene rings is 1. The van der Waals surface area contributed by atoms with Crippen molar-refractivity contribution in [2.45, 2.75) is 25.9 Å². The Kier molecular flexibility index (Phi) is 4.79. The van der Waals surface area contributed by atoms with Gasteiger partial charge in [-0.3, -0.25) is 15.1 Å². The number of nitrogens with one attached hydrogen (secondary N) is 2. The molecule has 148 valence electrons. The van der Waals surface area contributed by atoms with Crippen molar-refractivity contribution in [1.82, 2.24) is 15.2 Å². The summed E-state index contributed by atoms with van der Waals surface area (Å²) in [6, 6.07) is 7.01. The Hall–Kier alpha value is -3.62. The Bertz CT molecular complexity index is 1120. The van der Waals surface area contributed by atoms with Gasteiger partial charge in [-0.2, -0.15) is 0 Å². The van der Waals surface area contributed by atoms with Crippen molar-refractivity contribution in [3.8, 4) is 11.1 Å². The molecule has 0 radical (unpaired) electrons. The van der Waals surface area contributed by atoms with Gasteiger partial charge in [0.25, 0.3) is 0 Å². The zero-order chi connectivity index (χ0) is 20.5. The predicted molar refractivity (Wildman–Crippen MR) is 105 cm³/mol. The van der Waals surface area contributed by atoms with Gasteiger partial charge in [0.2, 0.25) is 5.91 Å². The first-order valence-electron chi connectivity index (χ1n) is 9.16. The van der Waals surface area contributed by atoms with Crippen LogP contribution in [0.4, 0.5) is 20.7 Å². The Balaban J connectivity index is 1.79. The molecule has 3 aromatic rings. The minimum atomic E-state index is -1.23. The molecule has 2 atom stereocenters. The Morgan fingerprint density at radius 2 is 2.03 bits per heavy atom. The number of nitrogens with zero attached hydrogens (tertiary/aromatic N) is 3. The Morgan fingerprint density at radius 1 is 1.24 bits per heavy atom. The molecule has 0 aliphatic heterocycles. The van der Waals surface area contributed by atoms with Crippen LogP contribution >= 0.6 is 0 Å². The topological polar surface area (TPSA) is 117 Å². The molecule has 29 heavy (non-hydrogen) atoms. The van der Waals surface area contributed by atoms with Crippen molar-refractivity contribution >= 4 is 34.4 Å². The lowest BCUT2D eigenvalue weighted by Crippen LogP contribution is -2.16. The molecule has 1 aliphatic rings. The summed E-state index contributed by atoms with van der Waals surface area (Å²) in [5.74, 6) is -0.904. The molecule has 8 nitrogen and oxygen atoms in total. The molecule has 0 spiro atoms. The second kappa shape index (κ2) is 7.42. The maximum Gasteiger partial charge on any atom is 0.409 e. The van der Waals surface area contributed by atoms with Gasteiger partial charge in [0, 0.05) is 23.3 Å². The summed E-state index contributed by atoms with van der Waals surface area (Å²) in [7, 11) is 0. The number of carbonyl (C=O) groups is 2. The van der Waals surface area contributed by atoms with Crippen molar-refractivity contribution in [2.24, 2.45) is 5.92 Å². The lowest BCUT2D eigenvalue weighted by Gasteiger charge is -2.12. The van der Waals surface area contributed by atoms with Crippen LogP contribution in [0, 0.1) is 5.92 Å². The summed E-state index contributed by atoms with van der Waals surface area (Å²) in [5.41, 5.74) is 3.28. The average molecular weight is 395 g/mol. The fourth-order valence-electron chi connectivity index (χ4n) is 3.23. The number of alkyl halides is 1. The second-order valence-corrected chi connectivity index (χ2v) is 6.86. The number of carboxylic acid groups (broad SMARTS) is 1. The van der Waals surface area contributed by atoms with Crippen LogP contribution in [0.3, 0.4) is 0 Å². The van der Waals surface area contributed by atoms with Crippen molar-refractivity contribution in [3.63, 3.8) is 0 Å². The molecule has 2 aromatic heterocycles. The molecule has 4 rings (SSSR count). The molecule has 1 saturated carbocycles. The zero-order valence-electron chi connectivity index (χ0n) is 15.5. The lowest BCUT2D eigenvalue weighted by atomic mass is 9.98. The Morgan fingerprint density at radius 3 is 2.72 bits per heavy atom. The smallest absolute Gasteiger partial charge is 0.409 e. The van der Waals surface area contributed by atoms with E-state index in [1.807, 2.05) is 19.1 Å². The molecule has 3 N–H and O–H groups in total. The van der Waals surface area contributed by atoms with Crippen molar-refractivity contribution < 1.29 is 19.1 Å². The molecule has 0 bridgehead atoms. The monoisotopic (exact) mass is 395 g/mol. The summed E-state index contributed by atoms with van der Waals surface area (Å²) in [6.07, 6.45) is 2.07. The summed E-state index contributed by atoms with van der Waals surface area (Å²) in [6.45, 7) is 2.02. The summed E-state index contributed by atoms with van der Waals surface area (Å²) >= 11 is 0. The van der Waals surface area contributed by atoms with Crippen LogP contribution in [-0.4, -0.2) is 38.5 Å². The van der Waals surface area contributed by atoms with E-state index < -0.39 is 24.1 Å². The minimum absolute atomic E-state index is 0.182. The highest BCUT2D eigenvalue weighted by atomic mass is 19.1. The zero-order valence-corrected chi connectivity index (χ0v) is 15.5. The summed E-state index contributed by atoms with van der Waals surface area (Å²) < 4.78 is 13.1. The van der Waals surface area contributed by atoms with Crippen LogP contribution < -0.4 is 10.6 Å². The third-order valence-electron chi connectivity index (χ3n) is 4.83. The minimum Gasteiger partial charge on any atom is -0.465 e. The molecule has 1 aromatic carbocycles. The SMILES string of the molecule is CCc1ccncc1-c1cc(NC(=O)O)c2nnc(NC(=O)[C@@H]3C[C@@H]3F)cc2c1. The van der Waals surface area contributed by atoms with Gasteiger partial charge in [-0.05, 0) is 48.2 Å². The highest BCUT2D eigenvalue weighted by Gasteiger charge is 2.43. The number of hydrogen-bond acceptors (Lipinski definition) is 5. The van der Waals surface area contributed by atoms with Crippen LogP contribution in [0.1, 0.15) is 18.9 Å². The number of halogens is 1. The van der Waals surface area contributed by atoms with E-state index in [0.717, 1.165) is 23.1 Å². The largest absolute Gasteiger partial charge is 0.465 e. The number of amides is 2. The average Bonchev–Trinajstić information content (AvgIpc) is 3.44. The first-order valence-corrected chi connectivity index (χ1v) is 9.16. The number of anilines is 2. The highest BCUT2D eigenvalue weighted by molar-refractivity contribution is 6.02. The number of rotatable bonds is 5. The molecular formula is C20H18FN5O3. The van der Waals surface area contributed by atoms with E-state index in [2.05, 4.69) is 25.8 Å². The van der Waals surface area contributed by atoms with E-state index in [1.54, 1.807) is 24.5 Å². The molecular weight excluding hydrogens is 377 g/mol. The van der Waals surface area contributed by atoms with Crippen LogP contribution in [0.25, 0.3) is 22.0 Å². The second-order valence-electron chi connectivity index (χ2n) is 6.86. The molecule has 2 amide bonds. The number of carbonyl (C=O) groups excluding carboxylic acids is 1. The van der Waals surface area contributed by atoms with Gasteiger partial charge in [-0.1, -0.05) is 6.92 Å². The molecule has 1 aliphatic carbocycles. The fraction of sp³-hybridized carbons (Fsp3) is 0.250. The molecule has 1 fully saturated rings. The van der Waals surface area contributed by atoms with Crippen molar-refractivity contribution in [1.29, 1.82) is 0 Å². The normalized spacial score (nSPS) is 17.7. The molecule has 0 unspecified atom stereocenters. The number of fused-ring (bicyclic) bond motifs is 1. The van der Waals surface area contributed by atoms with E-state index in [0.29, 0.717) is 10.9 Å². The van der Waals surface area contributed by atoms with Crippen molar-refractivity contribution in [3.05, 3.63) is 42.2 Å². The summed E-state index contributed by atoms with van der Waals surface area (Å²) in [4.78, 5) is 27.4. The number of hydrogen-bond donors (Lipinski definition) is 3. The first-order chi connectivity index (χ1) is 14.0. The lowest BCUT2D eigenvalue weighted by molar-refractivity contribution is -0.117. The first kappa shape index (κ1) is 18.7. The van der Waals surface area contributed by atoms with Crippen LogP contribution in [0.5, 0.6) is 0 Å². The van der Waals surface area contributed by atoms with Crippen LogP contribution in [0.15, 0.2) is 36.7 Å². The van der Waals surface area contributed by atoms with Gasteiger partial charge >= 0.3 is 6.09 Å². The predicted octanol–water partition coefficient (Wildman–Crippen LogP) is 3.64. The summed E-state index contributed by atoms with van der Waals surface area (Å²) in [5, 5.41) is 22.7. The van der Waals surface area contributed by atoms with Gasteiger partial charge in [-0.25, -0.2) is 9.18 Å². The van der Waals surface area contributed by atoms with Gasteiger partial charge in [0.05, 0.1) is 11.6 Å².